The number of esters is 1. The van der Waals surface area contributed by atoms with Gasteiger partial charge in [0.25, 0.3) is 0 Å². The van der Waals surface area contributed by atoms with Crippen LogP contribution in [0.3, 0.4) is 0 Å². The Bertz CT molecular complexity index is 578. The zero-order valence-electron chi connectivity index (χ0n) is 27.5. The summed E-state index contributed by atoms with van der Waals surface area (Å²) in [6.45, 7) is 4.45. The Kier molecular flexibility index (Phi) is 43.9. The van der Waals surface area contributed by atoms with E-state index < -0.39 is 5.97 Å². The number of ether oxygens (including phenoxy) is 1. The predicted molar refractivity (Wildman–Crippen MR) is 190 cm³/mol. The second kappa shape index (κ2) is 39.1. The van der Waals surface area contributed by atoms with Crippen molar-refractivity contribution in [2.75, 3.05) is 0 Å². The van der Waals surface area contributed by atoms with Crippen molar-refractivity contribution in [3.05, 3.63) is 0 Å². The van der Waals surface area contributed by atoms with Crippen LogP contribution in [0, 0.1) is 0 Å². The number of aliphatic hydroxyl groups excluding tert-OH is 1. The number of unbranched alkanes of at least 4 members (excludes halogenated alkanes) is 20. The standard InChI is InChI=1S/C36H70O5.Ca.Mg.4H/c1-3-5-7-21-27-33(37)28-22-17-13-9-12-16-20-26-32-36(40)41-34(29-23-8-6-4-2)30-24-18-14-10-11-15-19-25-31-35(38)39;;;;;;/h33-34,37H,3-32H2,1-2H3,(H,38,39);;;;;;. The van der Waals surface area contributed by atoms with Gasteiger partial charge >= 0.3 is 72.7 Å². The van der Waals surface area contributed by atoms with Crippen LogP contribution in [0.5, 0.6) is 0 Å². The molecule has 0 amide bonds. The average Bonchev–Trinajstić information content (AvgIpc) is 2.95. The molecule has 0 saturated heterocycles. The Morgan fingerprint density at radius 1 is 0.512 bits per heavy atom. The van der Waals surface area contributed by atoms with E-state index in [-0.39, 0.29) is 79.0 Å². The summed E-state index contributed by atoms with van der Waals surface area (Å²) in [6.07, 6.45) is 32.9. The predicted octanol–water partition coefficient (Wildman–Crippen LogP) is 9.25. The normalized spacial score (nSPS) is 12.3. The molecular formula is C36H74CaMgO5. The first-order valence-corrected chi connectivity index (χ1v) is 18.1. The van der Waals surface area contributed by atoms with Crippen molar-refractivity contribution < 1.29 is 24.5 Å². The van der Waals surface area contributed by atoms with E-state index in [2.05, 4.69) is 13.8 Å². The molecule has 0 rings (SSSR count). The third-order valence-corrected chi connectivity index (χ3v) is 8.40. The number of hydrogen-bond donors (Lipinski definition) is 2. The van der Waals surface area contributed by atoms with Crippen molar-refractivity contribution in [1.29, 1.82) is 0 Å². The van der Waals surface area contributed by atoms with Crippen LogP contribution in [-0.4, -0.2) is 95.2 Å². The third-order valence-electron chi connectivity index (χ3n) is 8.40. The summed E-state index contributed by atoms with van der Waals surface area (Å²) in [7, 11) is 0. The van der Waals surface area contributed by atoms with Crippen molar-refractivity contribution >= 4 is 72.7 Å². The second-order valence-corrected chi connectivity index (χ2v) is 12.6. The summed E-state index contributed by atoms with van der Waals surface area (Å²) in [5.74, 6) is -0.687. The Balaban J connectivity index is -0.00000800. The second-order valence-electron chi connectivity index (χ2n) is 12.6. The van der Waals surface area contributed by atoms with Gasteiger partial charge in [0.05, 0.1) is 6.10 Å². The molecule has 0 heterocycles. The molecule has 43 heavy (non-hydrogen) atoms. The molecule has 0 aliphatic heterocycles. The topological polar surface area (TPSA) is 83.8 Å². The van der Waals surface area contributed by atoms with Crippen molar-refractivity contribution in [2.45, 2.75) is 219 Å². The van der Waals surface area contributed by atoms with E-state index in [0.717, 1.165) is 77.0 Å². The van der Waals surface area contributed by atoms with E-state index in [1.165, 1.54) is 103 Å². The first kappa shape index (κ1) is 48.3. The zero-order valence-corrected chi connectivity index (χ0v) is 27.5. The van der Waals surface area contributed by atoms with Crippen LogP contribution in [0.2, 0.25) is 0 Å². The number of rotatable bonds is 33. The quantitative estimate of drug-likeness (QED) is 0.0420. The first-order valence-electron chi connectivity index (χ1n) is 18.1. The molecule has 0 aliphatic carbocycles. The van der Waals surface area contributed by atoms with Gasteiger partial charge in [-0.1, -0.05) is 142 Å². The van der Waals surface area contributed by atoms with Crippen molar-refractivity contribution in [2.24, 2.45) is 0 Å². The Hall–Kier alpha value is 0.926. The molecule has 0 radical (unpaired) electrons. The SMILES string of the molecule is CCCCCCC(O)CCCCCCCCCCC(=O)OC(CCCCCC)CCCCCCCCCCC(=O)O.[CaH2].[MgH2]. The molecule has 2 atom stereocenters. The van der Waals surface area contributed by atoms with Gasteiger partial charge in [0.1, 0.15) is 6.10 Å². The van der Waals surface area contributed by atoms with Gasteiger partial charge in [-0.05, 0) is 51.4 Å². The van der Waals surface area contributed by atoms with Crippen LogP contribution in [0.1, 0.15) is 206 Å². The summed E-state index contributed by atoms with van der Waals surface area (Å²) < 4.78 is 5.94. The number of aliphatic carboxylic acids is 1. The van der Waals surface area contributed by atoms with E-state index >= 15 is 0 Å². The van der Waals surface area contributed by atoms with Gasteiger partial charge in [-0.25, -0.2) is 0 Å². The van der Waals surface area contributed by atoms with E-state index in [1.807, 2.05) is 0 Å². The molecule has 2 N–H and O–H groups in total. The number of carboxylic acid groups (broad SMARTS) is 1. The van der Waals surface area contributed by atoms with Crippen LogP contribution in [0.25, 0.3) is 0 Å². The molecule has 0 aromatic heterocycles. The summed E-state index contributed by atoms with van der Waals surface area (Å²) in [5, 5.41) is 18.8. The molecule has 5 nitrogen and oxygen atoms in total. The minimum Gasteiger partial charge on any atom is 0.316 e. The monoisotopic (exact) mass is 651 g/mol. The van der Waals surface area contributed by atoms with E-state index in [4.69, 9.17) is 9.84 Å². The molecule has 252 valence electrons. The van der Waals surface area contributed by atoms with Gasteiger partial charge in [-0.15, -0.1) is 0 Å². The van der Waals surface area contributed by atoms with E-state index in [9.17, 15) is 14.7 Å². The molecule has 0 aliphatic rings. The third kappa shape index (κ3) is 39.0. The molecule has 0 bridgehead atoms. The van der Waals surface area contributed by atoms with Crippen molar-refractivity contribution in [3.8, 4) is 0 Å². The number of carboxylic acids is 1. The average molecular weight is 651 g/mol. The van der Waals surface area contributed by atoms with Crippen LogP contribution < -0.4 is 0 Å². The van der Waals surface area contributed by atoms with Crippen LogP contribution in [0.4, 0.5) is 0 Å². The van der Waals surface area contributed by atoms with Crippen LogP contribution in [0.15, 0.2) is 0 Å². The molecule has 0 spiro atoms. The smallest absolute Gasteiger partial charge is 0.316 e. The molecule has 0 aromatic carbocycles. The number of aliphatic hydroxyl groups is 1. The maximum Gasteiger partial charge on any atom is 0.316 e. The fraction of sp³-hybridized carbons (Fsp3) is 0.944. The van der Waals surface area contributed by atoms with E-state index in [0.29, 0.717) is 12.8 Å². The van der Waals surface area contributed by atoms with Crippen molar-refractivity contribution in [1.82, 2.24) is 0 Å². The number of carbonyl (C=O) groups is 2. The zero-order chi connectivity index (χ0) is 30.2. The van der Waals surface area contributed by atoms with Gasteiger partial charge in [-0.3, -0.25) is 9.59 Å². The molecule has 7 heteroatoms. The Labute approximate surface area is 313 Å². The molecule has 0 fully saturated rings. The maximum atomic E-state index is 12.5. The minimum atomic E-state index is -0.687. The molecule has 2 unspecified atom stereocenters. The molecule has 0 saturated carbocycles. The maximum absolute atomic E-state index is 12.5. The summed E-state index contributed by atoms with van der Waals surface area (Å²) in [6, 6.07) is 0. The van der Waals surface area contributed by atoms with Gasteiger partial charge < -0.3 is 14.9 Å². The number of hydrogen-bond acceptors (Lipinski definition) is 4. The minimum absolute atomic E-state index is 0. The Morgan fingerprint density at radius 2 is 0.837 bits per heavy atom. The summed E-state index contributed by atoms with van der Waals surface area (Å²) in [5.41, 5.74) is 0. The van der Waals surface area contributed by atoms with Gasteiger partial charge in [-0.2, -0.15) is 0 Å². The summed E-state index contributed by atoms with van der Waals surface area (Å²) in [4.78, 5) is 23.1. The van der Waals surface area contributed by atoms with Crippen LogP contribution >= 0.6 is 0 Å². The van der Waals surface area contributed by atoms with Crippen LogP contribution in [-0.2, 0) is 14.3 Å². The fourth-order valence-electron chi connectivity index (χ4n) is 5.68. The number of carbonyl (C=O) groups excluding carboxylic acids is 1. The molecular weight excluding hydrogens is 577 g/mol. The largest absolute Gasteiger partial charge is 0.316 e. The van der Waals surface area contributed by atoms with Gasteiger partial charge in [0.15, 0.2) is 0 Å². The summed E-state index contributed by atoms with van der Waals surface area (Å²) >= 11 is 0. The van der Waals surface area contributed by atoms with E-state index in [1.54, 1.807) is 0 Å². The van der Waals surface area contributed by atoms with Gasteiger partial charge in [0, 0.05) is 12.8 Å². The first-order chi connectivity index (χ1) is 20.0. The Morgan fingerprint density at radius 3 is 1.23 bits per heavy atom. The fourth-order valence-corrected chi connectivity index (χ4v) is 5.68. The molecule has 0 aromatic rings. The van der Waals surface area contributed by atoms with Crippen molar-refractivity contribution in [3.63, 3.8) is 0 Å². The van der Waals surface area contributed by atoms with Gasteiger partial charge in [0.2, 0.25) is 0 Å².